The highest BCUT2D eigenvalue weighted by Crippen LogP contribution is 2.48. The summed E-state index contributed by atoms with van der Waals surface area (Å²) < 4.78 is 19.5. The number of benzene rings is 2. The molecule has 2 amide bonds. The minimum atomic E-state index is -0.276. The van der Waals surface area contributed by atoms with E-state index in [-0.39, 0.29) is 23.2 Å². The van der Waals surface area contributed by atoms with Gasteiger partial charge in [0.05, 0.1) is 6.61 Å². The molecule has 2 saturated heterocycles. The van der Waals surface area contributed by atoms with Crippen molar-refractivity contribution in [1.82, 2.24) is 9.80 Å². The molecular weight excluding hydrogens is 459 g/mol. The van der Waals surface area contributed by atoms with Gasteiger partial charge in [0, 0.05) is 48.6 Å². The van der Waals surface area contributed by atoms with Crippen LogP contribution < -0.4 is 4.90 Å². The number of anilines is 1. The highest BCUT2D eigenvalue weighted by atomic mass is 19.1. The lowest BCUT2D eigenvalue weighted by Gasteiger charge is -2.45. The van der Waals surface area contributed by atoms with Crippen molar-refractivity contribution in [3.05, 3.63) is 65.0 Å². The van der Waals surface area contributed by atoms with Crippen LogP contribution in [0.3, 0.4) is 0 Å². The van der Waals surface area contributed by atoms with Crippen LogP contribution in [0.2, 0.25) is 0 Å². The molecule has 2 aromatic carbocycles. The smallest absolute Gasteiger partial charge is 0.409 e. The molecule has 3 heterocycles. The van der Waals surface area contributed by atoms with E-state index < -0.39 is 0 Å². The number of amides is 2. The van der Waals surface area contributed by atoms with Gasteiger partial charge in [-0.25, -0.2) is 9.18 Å². The van der Waals surface area contributed by atoms with Crippen LogP contribution in [0.1, 0.15) is 54.1 Å². The Bertz CT molecular complexity index is 1150. The van der Waals surface area contributed by atoms with Crippen molar-refractivity contribution in [2.45, 2.75) is 44.1 Å². The van der Waals surface area contributed by atoms with Crippen LogP contribution >= 0.6 is 0 Å². The normalized spacial score (nSPS) is 19.8. The zero-order valence-corrected chi connectivity index (χ0v) is 20.7. The second-order valence-electron chi connectivity index (χ2n) is 10.1. The van der Waals surface area contributed by atoms with Crippen LogP contribution in [0, 0.1) is 11.2 Å². The van der Waals surface area contributed by atoms with E-state index in [0.29, 0.717) is 43.4 Å². The van der Waals surface area contributed by atoms with Gasteiger partial charge in [0.1, 0.15) is 5.82 Å². The number of hydrogen-bond donors (Lipinski definition) is 1. The quantitative estimate of drug-likeness (QED) is 0.641. The maximum absolute atomic E-state index is 14.4. The summed E-state index contributed by atoms with van der Waals surface area (Å²) in [6.45, 7) is 5.92. The molecule has 1 spiro atoms. The number of halogens is 1. The standard InChI is InChI=1S/C28H33FN4O3/c1-2-36-27(35)32-12-8-23(9-13-32)31-14-10-28(11-15-31)19-33(25-7-6-22(29)17-24(25)28)26(34)21-5-3-4-20(16-21)18-30/h3-7,16-18,23,30H,2,8-15,19H2,1H3. The van der Waals surface area contributed by atoms with E-state index in [0.717, 1.165) is 50.0 Å². The minimum Gasteiger partial charge on any atom is -0.450 e. The Hall–Kier alpha value is -3.26. The molecule has 0 radical (unpaired) electrons. The van der Waals surface area contributed by atoms with Crippen molar-refractivity contribution in [3.8, 4) is 0 Å². The van der Waals surface area contributed by atoms with Gasteiger partial charge in [-0.3, -0.25) is 4.79 Å². The fraction of sp³-hybridized carbons (Fsp3) is 0.464. The van der Waals surface area contributed by atoms with Gasteiger partial charge >= 0.3 is 6.09 Å². The minimum absolute atomic E-state index is 0.114. The zero-order chi connectivity index (χ0) is 25.3. The number of nitrogens with zero attached hydrogens (tertiary/aromatic N) is 3. The van der Waals surface area contributed by atoms with Gasteiger partial charge in [0.2, 0.25) is 0 Å². The summed E-state index contributed by atoms with van der Waals surface area (Å²) in [6, 6.07) is 12.3. The van der Waals surface area contributed by atoms with Crippen LogP contribution in [0.5, 0.6) is 0 Å². The first-order valence-corrected chi connectivity index (χ1v) is 12.8. The van der Waals surface area contributed by atoms with Crippen molar-refractivity contribution in [2.24, 2.45) is 0 Å². The van der Waals surface area contributed by atoms with Gasteiger partial charge in [-0.15, -0.1) is 0 Å². The number of likely N-dealkylation sites (tertiary alicyclic amines) is 2. The van der Waals surface area contributed by atoms with Crippen LogP contribution in [0.15, 0.2) is 42.5 Å². The first kappa shape index (κ1) is 24.4. The molecule has 2 aromatic rings. The van der Waals surface area contributed by atoms with E-state index in [1.165, 1.54) is 12.3 Å². The Labute approximate surface area is 211 Å². The van der Waals surface area contributed by atoms with Gasteiger partial charge in [-0.05, 0) is 87.2 Å². The predicted octanol–water partition coefficient (Wildman–Crippen LogP) is 4.44. The van der Waals surface area contributed by atoms with Crippen molar-refractivity contribution >= 4 is 23.9 Å². The molecule has 5 rings (SSSR count). The number of hydrogen-bond acceptors (Lipinski definition) is 5. The number of piperidine rings is 2. The molecule has 0 atom stereocenters. The number of fused-ring (bicyclic) bond motifs is 2. The molecule has 0 saturated carbocycles. The predicted molar refractivity (Wildman–Crippen MR) is 137 cm³/mol. The molecule has 0 unspecified atom stereocenters. The lowest BCUT2D eigenvalue weighted by atomic mass is 9.74. The molecule has 3 aliphatic heterocycles. The summed E-state index contributed by atoms with van der Waals surface area (Å²) in [5.74, 6) is -0.390. The zero-order valence-electron chi connectivity index (χ0n) is 20.7. The average Bonchev–Trinajstić information content (AvgIpc) is 3.21. The molecule has 190 valence electrons. The molecule has 0 bridgehead atoms. The molecule has 8 heteroatoms. The highest BCUT2D eigenvalue weighted by molar-refractivity contribution is 6.08. The molecule has 2 fully saturated rings. The van der Waals surface area contributed by atoms with Crippen LogP contribution in [0.4, 0.5) is 14.9 Å². The molecule has 0 aliphatic carbocycles. The summed E-state index contributed by atoms with van der Waals surface area (Å²) in [4.78, 5) is 31.7. The third kappa shape index (κ3) is 4.50. The van der Waals surface area contributed by atoms with E-state index in [1.54, 1.807) is 46.2 Å². The number of carbonyl (C=O) groups excluding carboxylic acids is 2. The van der Waals surface area contributed by atoms with Gasteiger partial charge in [-0.2, -0.15) is 0 Å². The third-order valence-corrected chi connectivity index (χ3v) is 8.09. The highest BCUT2D eigenvalue weighted by Gasteiger charge is 2.47. The molecule has 36 heavy (non-hydrogen) atoms. The van der Waals surface area contributed by atoms with Crippen molar-refractivity contribution in [1.29, 1.82) is 5.41 Å². The van der Waals surface area contributed by atoms with Crippen LogP contribution in [0.25, 0.3) is 0 Å². The van der Waals surface area contributed by atoms with Gasteiger partial charge in [-0.1, -0.05) is 12.1 Å². The topological polar surface area (TPSA) is 76.9 Å². The summed E-state index contributed by atoms with van der Waals surface area (Å²) in [5.41, 5.74) is 2.66. The molecule has 3 aliphatic rings. The van der Waals surface area contributed by atoms with Gasteiger partial charge < -0.3 is 24.8 Å². The number of rotatable bonds is 4. The van der Waals surface area contributed by atoms with Gasteiger partial charge in [0.25, 0.3) is 5.91 Å². The first-order chi connectivity index (χ1) is 17.4. The SMILES string of the molecule is CCOC(=O)N1CCC(N2CCC3(CC2)CN(C(=O)c2cccc(C=N)c2)c2ccc(F)cc23)CC1. The summed E-state index contributed by atoms with van der Waals surface area (Å²) in [7, 11) is 0. The average molecular weight is 493 g/mol. The number of carbonyl (C=O) groups is 2. The first-order valence-electron chi connectivity index (χ1n) is 12.8. The maximum atomic E-state index is 14.4. The van der Waals surface area contributed by atoms with Crippen molar-refractivity contribution in [3.63, 3.8) is 0 Å². The Balaban J connectivity index is 1.30. The molecule has 1 N–H and O–H groups in total. The molecule has 7 nitrogen and oxygen atoms in total. The van der Waals surface area contributed by atoms with Gasteiger partial charge in [0.15, 0.2) is 0 Å². The fourth-order valence-corrected chi connectivity index (χ4v) is 6.11. The Kier molecular flexibility index (Phi) is 6.79. The van der Waals surface area contributed by atoms with E-state index in [9.17, 15) is 14.0 Å². The maximum Gasteiger partial charge on any atom is 0.409 e. The molecule has 0 aromatic heterocycles. The number of nitrogens with one attached hydrogen (secondary N) is 1. The Morgan fingerprint density at radius 3 is 2.56 bits per heavy atom. The second-order valence-corrected chi connectivity index (χ2v) is 10.1. The summed E-state index contributed by atoms with van der Waals surface area (Å²) in [6.07, 6.45) is 4.56. The number of ether oxygens (including phenoxy) is 1. The van der Waals surface area contributed by atoms with Crippen molar-refractivity contribution < 1.29 is 18.7 Å². The van der Waals surface area contributed by atoms with E-state index >= 15 is 0 Å². The van der Waals surface area contributed by atoms with E-state index in [4.69, 9.17) is 10.1 Å². The lowest BCUT2D eigenvalue weighted by Crippen LogP contribution is -2.52. The Morgan fingerprint density at radius 1 is 1.11 bits per heavy atom. The molecular formula is C28H33FN4O3. The fourth-order valence-electron chi connectivity index (χ4n) is 6.11. The summed E-state index contributed by atoms with van der Waals surface area (Å²) >= 11 is 0. The monoisotopic (exact) mass is 492 g/mol. The largest absolute Gasteiger partial charge is 0.450 e. The summed E-state index contributed by atoms with van der Waals surface area (Å²) in [5, 5.41) is 7.52. The van der Waals surface area contributed by atoms with E-state index in [1.807, 2.05) is 6.92 Å². The Morgan fingerprint density at radius 2 is 1.86 bits per heavy atom. The van der Waals surface area contributed by atoms with E-state index in [2.05, 4.69) is 4.90 Å². The van der Waals surface area contributed by atoms with Crippen molar-refractivity contribution in [2.75, 3.05) is 44.2 Å². The lowest BCUT2D eigenvalue weighted by molar-refractivity contribution is 0.0576. The third-order valence-electron chi connectivity index (χ3n) is 8.09. The second kappa shape index (κ2) is 10.0. The van der Waals surface area contributed by atoms with Crippen LogP contribution in [-0.2, 0) is 10.2 Å². The van der Waals surface area contributed by atoms with Crippen LogP contribution in [-0.4, -0.2) is 73.4 Å².